The molecular weight excluding hydrogens is 268 g/mol. The van der Waals surface area contributed by atoms with Crippen LogP contribution in [0.2, 0.25) is 0 Å². The van der Waals surface area contributed by atoms with E-state index in [-0.39, 0.29) is 0 Å². The standard InChI is InChI=1S/C15H22N4O2/c1-4-9-16-10-14-17-18-15(21-14)19(2)11-12-7-5-6-8-13(12)20-3/h5-8,16H,4,9-11H2,1-3H3. The van der Waals surface area contributed by atoms with Crippen LogP contribution in [-0.4, -0.2) is 30.9 Å². The van der Waals surface area contributed by atoms with Crippen molar-refractivity contribution in [2.24, 2.45) is 0 Å². The van der Waals surface area contributed by atoms with Gasteiger partial charge in [0.1, 0.15) is 5.75 Å². The average Bonchev–Trinajstić information content (AvgIpc) is 2.97. The van der Waals surface area contributed by atoms with E-state index in [0.717, 1.165) is 24.3 Å². The van der Waals surface area contributed by atoms with Gasteiger partial charge < -0.3 is 19.4 Å². The fourth-order valence-electron chi connectivity index (χ4n) is 2.00. The number of anilines is 1. The van der Waals surface area contributed by atoms with Gasteiger partial charge in [0.2, 0.25) is 5.89 Å². The van der Waals surface area contributed by atoms with Gasteiger partial charge in [-0.05, 0) is 19.0 Å². The molecule has 0 aliphatic heterocycles. The van der Waals surface area contributed by atoms with Crippen LogP contribution < -0.4 is 15.0 Å². The van der Waals surface area contributed by atoms with Gasteiger partial charge in [-0.15, -0.1) is 5.10 Å². The molecule has 0 amide bonds. The molecule has 1 heterocycles. The van der Waals surface area contributed by atoms with Gasteiger partial charge in [0.25, 0.3) is 0 Å². The van der Waals surface area contributed by atoms with Crippen LogP contribution in [-0.2, 0) is 13.1 Å². The minimum absolute atomic E-state index is 0.509. The average molecular weight is 290 g/mol. The van der Waals surface area contributed by atoms with Crippen molar-refractivity contribution in [2.45, 2.75) is 26.4 Å². The molecular formula is C15H22N4O2. The number of benzene rings is 1. The molecule has 0 atom stereocenters. The monoisotopic (exact) mass is 290 g/mol. The number of methoxy groups -OCH3 is 1. The first-order valence-corrected chi connectivity index (χ1v) is 7.10. The number of nitrogens with one attached hydrogen (secondary N) is 1. The van der Waals surface area contributed by atoms with E-state index in [2.05, 4.69) is 22.4 Å². The third-order valence-corrected chi connectivity index (χ3v) is 3.09. The molecule has 1 aromatic carbocycles. The maximum Gasteiger partial charge on any atom is 0.318 e. The fraction of sp³-hybridized carbons (Fsp3) is 0.467. The van der Waals surface area contributed by atoms with Crippen molar-refractivity contribution in [1.82, 2.24) is 15.5 Å². The van der Waals surface area contributed by atoms with E-state index >= 15 is 0 Å². The van der Waals surface area contributed by atoms with E-state index in [1.54, 1.807) is 7.11 Å². The third-order valence-electron chi connectivity index (χ3n) is 3.09. The van der Waals surface area contributed by atoms with E-state index in [1.165, 1.54) is 0 Å². The summed E-state index contributed by atoms with van der Waals surface area (Å²) >= 11 is 0. The first-order valence-electron chi connectivity index (χ1n) is 7.10. The number of aromatic nitrogens is 2. The molecule has 6 heteroatoms. The van der Waals surface area contributed by atoms with Crippen molar-refractivity contribution in [3.63, 3.8) is 0 Å². The fourth-order valence-corrected chi connectivity index (χ4v) is 2.00. The van der Waals surface area contributed by atoms with Crippen LogP contribution in [0.15, 0.2) is 28.7 Å². The number of ether oxygens (including phenoxy) is 1. The molecule has 0 saturated heterocycles. The van der Waals surface area contributed by atoms with Crippen molar-refractivity contribution >= 4 is 6.01 Å². The van der Waals surface area contributed by atoms with Gasteiger partial charge in [-0.3, -0.25) is 0 Å². The highest BCUT2D eigenvalue weighted by Gasteiger charge is 2.12. The summed E-state index contributed by atoms with van der Waals surface area (Å²) in [5, 5.41) is 11.4. The van der Waals surface area contributed by atoms with E-state index in [0.29, 0.717) is 25.0 Å². The molecule has 0 aliphatic rings. The Morgan fingerprint density at radius 1 is 1.29 bits per heavy atom. The number of nitrogens with zero attached hydrogens (tertiary/aromatic N) is 3. The molecule has 0 spiro atoms. The number of hydrogen-bond acceptors (Lipinski definition) is 6. The Labute approximate surface area is 125 Å². The lowest BCUT2D eigenvalue weighted by molar-refractivity contribution is 0.408. The summed E-state index contributed by atoms with van der Waals surface area (Å²) in [7, 11) is 3.59. The molecule has 0 bridgehead atoms. The highest BCUT2D eigenvalue weighted by Crippen LogP contribution is 2.21. The molecule has 0 fully saturated rings. The predicted molar refractivity (Wildman–Crippen MR) is 81.4 cm³/mol. The van der Waals surface area contributed by atoms with Crippen LogP contribution in [0.1, 0.15) is 24.8 Å². The third kappa shape index (κ3) is 4.19. The van der Waals surface area contributed by atoms with E-state index in [9.17, 15) is 0 Å². The summed E-state index contributed by atoms with van der Waals surface area (Å²) in [6, 6.07) is 8.41. The molecule has 0 aliphatic carbocycles. The van der Waals surface area contributed by atoms with Gasteiger partial charge in [-0.2, -0.15) is 0 Å². The number of para-hydroxylation sites is 1. The van der Waals surface area contributed by atoms with Crippen molar-refractivity contribution < 1.29 is 9.15 Å². The van der Waals surface area contributed by atoms with Gasteiger partial charge in [-0.25, -0.2) is 0 Å². The van der Waals surface area contributed by atoms with E-state index in [1.807, 2.05) is 36.2 Å². The van der Waals surface area contributed by atoms with Crippen molar-refractivity contribution in [3.8, 4) is 5.75 Å². The van der Waals surface area contributed by atoms with Crippen molar-refractivity contribution in [2.75, 3.05) is 25.6 Å². The zero-order chi connectivity index (χ0) is 15.1. The Balaban J connectivity index is 1.98. The number of rotatable bonds is 8. The molecule has 0 radical (unpaired) electrons. The lowest BCUT2D eigenvalue weighted by Gasteiger charge is -2.15. The second kappa shape index (κ2) is 7.64. The van der Waals surface area contributed by atoms with Crippen LogP contribution in [0.5, 0.6) is 5.75 Å². The highest BCUT2D eigenvalue weighted by molar-refractivity contribution is 5.37. The van der Waals surface area contributed by atoms with Crippen LogP contribution in [0, 0.1) is 0 Å². The zero-order valence-electron chi connectivity index (χ0n) is 12.8. The first kappa shape index (κ1) is 15.3. The van der Waals surface area contributed by atoms with Crippen molar-refractivity contribution in [1.29, 1.82) is 0 Å². The molecule has 21 heavy (non-hydrogen) atoms. The maximum absolute atomic E-state index is 5.64. The minimum atomic E-state index is 0.509. The summed E-state index contributed by atoms with van der Waals surface area (Å²) < 4.78 is 11.0. The lowest BCUT2D eigenvalue weighted by Crippen LogP contribution is -2.17. The largest absolute Gasteiger partial charge is 0.496 e. The smallest absolute Gasteiger partial charge is 0.318 e. The zero-order valence-corrected chi connectivity index (χ0v) is 12.8. The van der Waals surface area contributed by atoms with Crippen molar-refractivity contribution in [3.05, 3.63) is 35.7 Å². The second-order valence-corrected chi connectivity index (χ2v) is 4.82. The molecule has 1 aromatic heterocycles. The molecule has 2 rings (SSSR count). The maximum atomic E-state index is 5.64. The van der Waals surface area contributed by atoms with E-state index < -0.39 is 0 Å². The van der Waals surface area contributed by atoms with Gasteiger partial charge >= 0.3 is 6.01 Å². The lowest BCUT2D eigenvalue weighted by atomic mass is 10.2. The Bertz CT molecular complexity index is 556. The summed E-state index contributed by atoms with van der Waals surface area (Å²) in [4.78, 5) is 1.91. The first-order chi connectivity index (χ1) is 10.2. The highest BCUT2D eigenvalue weighted by atomic mass is 16.5. The van der Waals surface area contributed by atoms with Gasteiger partial charge in [0.15, 0.2) is 0 Å². The Kier molecular flexibility index (Phi) is 5.57. The summed E-state index contributed by atoms with van der Waals surface area (Å²) in [6.45, 7) is 4.30. The molecule has 6 nitrogen and oxygen atoms in total. The SMILES string of the molecule is CCCNCc1nnc(N(C)Cc2ccccc2OC)o1. The van der Waals surface area contributed by atoms with Gasteiger partial charge in [0, 0.05) is 12.6 Å². The normalized spacial score (nSPS) is 10.6. The quantitative estimate of drug-likeness (QED) is 0.752. The molecule has 0 unspecified atom stereocenters. The molecule has 1 N–H and O–H groups in total. The number of hydrogen-bond donors (Lipinski definition) is 1. The topological polar surface area (TPSA) is 63.4 Å². The van der Waals surface area contributed by atoms with Crippen LogP contribution in [0.25, 0.3) is 0 Å². The second-order valence-electron chi connectivity index (χ2n) is 4.82. The predicted octanol–water partition coefficient (Wildman–Crippen LogP) is 2.21. The molecule has 0 saturated carbocycles. The van der Waals surface area contributed by atoms with Crippen LogP contribution in [0.3, 0.4) is 0 Å². The Morgan fingerprint density at radius 3 is 2.86 bits per heavy atom. The van der Waals surface area contributed by atoms with Crippen LogP contribution in [0.4, 0.5) is 6.01 Å². The summed E-state index contributed by atoms with van der Waals surface area (Å²) in [5.74, 6) is 1.46. The molecule has 114 valence electrons. The molecule has 2 aromatic rings. The minimum Gasteiger partial charge on any atom is -0.496 e. The van der Waals surface area contributed by atoms with Gasteiger partial charge in [0.05, 0.1) is 20.2 Å². The van der Waals surface area contributed by atoms with E-state index in [4.69, 9.17) is 9.15 Å². The summed E-state index contributed by atoms with van der Waals surface area (Å²) in [5.41, 5.74) is 1.08. The Hall–Kier alpha value is -2.08. The van der Waals surface area contributed by atoms with Crippen LogP contribution >= 0.6 is 0 Å². The summed E-state index contributed by atoms with van der Waals surface area (Å²) in [6.07, 6.45) is 1.08. The Morgan fingerprint density at radius 2 is 2.10 bits per heavy atom. The van der Waals surface area contributed by atoms with Gasteiger partial charge in [-0.1, -0.05) is 30.2 Å².